The van der Waals surface area contributed by atoms with Crippen LogP contribution in [0.5, 0.6) is 0 Å². The molecule has 3 aromatic rings. The van der Waals surface area contributed by atoms with Crippen LogP contribution >= 0.6 is 0 Å². The Labute approximate surface area is 174 Å². The summed E-state index contributed by atoms with van der Waals surface area (Å²) in [6.07, 6.45) is 0. The maximum absolute atomic E-state index is 13.4. The van der Waals surface area contributed by atoms with Gasteiger partial charge in [-0.1, -0.05) is 54.6 Å². The van der Waals surface area contributed by atoms with Gasteiger partial charge in [-0.15, -0.1) is 0 Å². The van der Waals surface area contributed by atoms with Crippen molar-refractivity contribution in [2.45, 2.75) is 11.4 Å². The third-order valence-corrected chi connectivity index (χ3v) is 6.62. The average Bonchev–Trinajstić information content (AvgIpc) is 2.78. The van der Waals surface area contributed by atoms with Crippen LogP contribution in [-0.4, -0.2) is 23.6 Å². The topological polar surface area (TPSA) is 98.5 Å². The monoisotopic (exact) mass is 416 g/mol. The van der Waals surface area contributed by atoms with Crippen LogP contribution in [0.2, 0.25) is 0 Å². The Bertz CT molecular complexity index is 1320. The summed E-state index contributed by atoms with van der Waals surface area (Å²) in [4.78, 5) is 13.2. The number of fused-ring (bicyclic) bond motifs is 1. The smallest absolute Gasteiger partial charge is 0.265 e. The summed E-state index contributed by atoms with van der Waals surface area (Å²) < 4.78 is 27.7. The molecule has 4 rings (SSSR count). The van der Waals surface area contributed by atoms with Gasteiger partial charge in [-0.2, -0.15) is 5.26 Å². The lowest BCUT2D eigenvalue weighted by Crippen LogP contribution is -2.39. The quantitative estimate of drug-likeness (QED) is 0.516. The second kappa shape index (κ2) is 7.50. The van der Waals surface area contributed by atoms with Crippen molar-refractivity contribution in [3.8, 4) is 6.07 Å². The van der Waals surface area contributed by atoms with E-state index in [-0.39, 0.29) is 22.7 Å². The lowest BCUT2D eigenvalue weighted by atomic mass is 10.0. The number of benzene rings is 3. The van der Waals surface area contributed by atoms with E-state index < -0.39 is 21.6 Å². The van der Waals surface area contributed by atoms with Crippen molar-refractivity contribution in [3.63, 3.8) is 0 Å². The molecule has 7 heteroatoms. The summed E-state index contributed by atoms with van der Waals surface area (Å²) in [6.45, 7) is -0.204. The SMILES string of the molecule is N#Cc1cccc(CN2/C(=C(/O)c3ccccc3)C(=O)c3ccccc3S2(=O)=O)c1. The molecule has 0 aromatic heterocycles. The molecule has 0 aliphatic carbocycles. The van der Waals surface area contributed by atoms with Gasteiger partial charge in [0, 0.05) is 11.1 Å². The summed E-state index contributed by atoms with van der Waals surface area (Å²) in [6, 6.07) is 22.7. The first kappa shape index (κ1) is 19.4. The maximum atomic E-state index is 13.4. The highest BCUT2D eigenvalue weighted by Crippen LogP contribution is 2.36. The van der Waals surface area contributed by atoms with Gasteiger partial charge in [-0.25, -0.2) is 8.42 Å². The predicted molar refractivity (Wildman–Crippen MR) is 111 cm³/mol. The summed E-state index contributed by atoms with van der Waals surface area (Å²) in [5, 5.41) is 20.1. The Morgan fingerprint density at radius 3 is 2.40 bits per heavy atom. The van der Waals surface area contributed by atoms with Crippen LogP contribution in [0.4, 0.5) is 0 Å². The van der Waals surface area contributed by atoms with Gasteiger partial charge in [-0.3, -0.25) is 9.10 Å². The fourth-order valence-electron chi connectivity index (χ4n) is 3.39. The molecule has 0 saturated carbocycles. The Morgan fingerprint density at radius 1 is 0.967 bits per heavy atom. The number of carbonyl (C=O) groups is 1. The minimum Gasteiger partial charge on any atom is -0.505 e. The van der Waals surface area contributed by atoms with Gasteiger partial charge < -0.3 is 5.11 Å². The summed E-state index contributed by atoms with van der Waals surface area (Å²) in [7, 11) is -4.12. The van der Waals surface area contributed by atoms with Gasteiger partial charge in [0.25, 0.3) is 10.0 Å². The molecule has 148 valence electrons. The van der Waals surface area contributed by atoms with E-state index in [9.17, 15) is 18.3 Å². The molecule has 1 aliphatic heterocycles. The van der Waals surface area contributed by atoms with Crippen molar-refractivity contribution in [2.75, 3.05) is 0 Å². The number of nitrogens with zero attached hydrogens (tertiary/aromatic N) is 2. The second-order valence-electron chi connectivity index (χ2n) is 6.71. The predicted octanol–water partition coefficient (Wildman–Crippen LogP) is 3.87. The number of nitriles is 1. The second-order valence-corrected chi connectivity index (χ2v) is 8.54. The normalized spacial score (nSPS) is 16.5. The molecule has 0 saturated heterocycles. The van der Waals surface area contributed by atoms with E-state index in [1.807, 2.05) is 6.07 Å². The standard InChI is InChI=1S/C23H16N2O4S/c24-14-16-7-6-8-17(13-16)15-25-21(22(26)18-9-2-1-3-10-18)23(27)19-11-4-5-12-20(19)30(25,28)29/h1-13,26H,15H2/b22-21+. The van der Waals surface area contributed by atoms with E-state index in [2.05, 4.69) is 0 Å². The van der Waals surface area contributed by atoms with Gasteiger partial charge in [0.15, 0.2) is 5.76 Å². The van der Waals surface area contributed by atoms with E-state index in [1.54, 1.807) is 66.7 Å². The molecule has 0 unspecified atom stereocenters. The molecule has 0 fully saturated rings. The van der Waals surface area contributed by atoms with Gasteiger partial charge in [-0.05, 0) is 29.8 Å². The largest absolute Gasteiger partial charge is 0.505 e. The molecule has 0 bridgehead atoms. The highest BCUT2D eigenvalue weighted by Gasteiger charge is 2.41. The summed E-state index contributed by atoms with van der Waals surface area (Å²) in [5.74, 6) is -1.01. The Kier molecular flexibility index (Phi) is 4.86. The minimum absolute atomic E-state index is 0.0111. The van der Waals surface area contributed by atoms with Crippen LogP contribution < -0.4 is 0 Å². The zero-order chi connectivity index (χ0) is 21.3. The van der Waals surface area contributed by atoms with Gasteiger partial charge >= 0.3 is 0 Å². The van der Waals surface area contributed by atoms with Gasteiger partial charge in [0.05, 0.1) is 23.1 Å². The molecule has 0 radical (unpaired) electrons. The highest BCUT2D eigenvalue weighted by atomic mass is 32.2. The summed E-state index contributed by atoms with van der Waals surface area (Å²) in [5.41, 5.74) is 0.903. The van der Waals surface area contributed by atoms with Crippen LogP contribution in [0.3, 0.4) is 0 Å². The number of Topliss-reactive ketones (excluding diaryl/α,β-unsaturated/α-hetero) is 1. The lowest BCUT2D eigenvalue weighted by molar-refractivity contribution is 0.0997. The van der Waals surface area contributed by atoms with E-state index >= 15 is 0 Å². The van der Waals surface area contributed by atoms with E-state index in [4.69, 9.17) is 5.26 Å². The Morgan fingerprint density at radius 2 is 1.67 bits per heavy atom. The number of hydrogen-bond donors (Lipinski definition) is 1. The van der Waals surface area contributed by atoms with Crippen molar-refractivity contribution < 1.29 is 18.3 Å². The Balaban J connectivity index is 1.95. The van der Waals surface area contributed by atoms with Crippen LogP contribution in [0, 0.1) is 11.3 Å². The molecular formula is C23H16N2O4S. The maximum Gasteiger partial charge on any atom is 0.265 e. The Hall–Kier alpha value is -3.89. The van der Waals surface area contributed by atoms with Gasteiger partial charge in [0.2, 0.25) is 5.78 Å². The molecule has 1 heterocycles. The summed E-state index contributed by atoms with van der Waals surface area (Å²) >= 11 is 0. The van der Waals surface area contributed by atoms with E-state index in [0.717, 1.165) is 4.31 Å². The minimum atomic E-state index is -4.12. The number of hydrogen-bond acceptors (Lipinski definition) is 5. The third-order valence-electron chi connectivity index (χ3n) is 4.82. The number of allylic oxidation sites excluding steroid dienone is 1. The first-order chi connectivity index (χ1) is 14.4. The van der Waals surface area contributed by atoms with E-state index in [1.165, 1.54) is 12.1 Å². The molecular weight excluding hydrogens is 400 g/mol. The molecule has 30 heavy (non-hydrogen) atoms. The van der Waals surface area contributed by atoms with Gasteiger partial charge in [0.1, 0.15) is 5.70 Å². The number of sulfonamides is 1. The zero-order valence-corrected chi connectivity index (χ0v) is 16.5. The van der Waals surface area contributed by atoms with Crippen molar-refractivity contribution in [3.05, 3.63) is 107 Å². The van der Waals surface area contributed by atoms with Crippen LogP contribution in [0.1, 0.15) is 27.0 Å². The third kappa shape index (κ3) is 3.23. The molecule has 3 aromatic carbocycles. The molecule has 6 nitrogen and oxygen atoms in total. The number of carbonyl (C=O) groups excluding carboxylic acids is 1. The van der Waals surface area contributed by atoms with Crippen molar-refractivity contribution in [1.82, 2.24) is 4.31 Å². The van der Waals surface area contributed by atoms with Crippen molar-refractivity contribution in [2.24, 2.45) is 0 Å². The van der Waals surface area contributed by atoms with Crippen LogP contribution in [-0.2, 0) is 16.6 Å². The molecule has 0 atom stereocenters. The molecule has 0 spiro atoms. The van der Waals surface area contributed by atoms with Crippen molar-refractivity contribution >= 4 is 21.6 Å². The lowest BCUT2D eigenvalue weighted by Gasteiger charge is -2.32. The first-order valence-electron chi connectivity index (χ1n) is 9.07. The zero-order valence-electron chi connectivity index (χ0n) is 15.7. The van der Waals surface area contributed by atoms with E-state index in [0.29, 0.717) is 16.7 Å². The number of aliphatic hydroxyl groups excluding tert-OH is 1. The molecule has 1 N–H and O–H groups in total. The number of rotatable bonds is 3. The fraction of sp³-hybridized carbons (Fsp3) is 0.0435. The van der Waals surface area contributed by atoms with Crippen molar-refractivity contribution in [1.29, 1.82) is 5.26 Å². The highest BCUT2D eigenvalue weighted by molar-refractivity contribution is 7.89. The van der Waals surface area contributed by atoms with Crippen LogP contribution in [0.25, 0.3) is 5.76 Å². The fourth-order valence-corrected chi connectivity index (χ4v) is 5.04. The van der Waals surface area contributed by atoms with Crippen LogP contribution in [0.15, 0.2) is 89.5 Å². The average molecular weight is 416 g/mol. The number of ketones is 1. The molecule has 0 amide bonds. The molecule has 1 aliphatic rings. The number of aliphatic hydroxyl groups is 1. The first-order valence-corrected chi connectivity index (χ1v) is 10.5.